The van der Waals surface area contributed by atoms with Crippen molar-refractivity contribution in [2.24, 2.45) is 0 Å². The molecule has 5 rings (SSSR count). The molecule has 1 atom stereocenters. The normalized spacial score (nSPS) is 17.8. The van der Waals surface area contributed by atoms with Crippen LogP contribution in [0.25, 0.3) is 11.1 Å². The Balaban J connectivity index is 1.57. The Morgan fingerprint density at radius 1 is 1.26 bits per heavy atom. The second-order valence-corrected chi connectivity index (χ2v) is 8.85. The van der Waals surface area contributed by atoms with Crippen molar-refractivity contribution < 1.29 is 4.79 Å². The van der Waals surface area contributed by atoms with Crippen LogP contribution in [0.3, 0.4) is 0 Å². The molecule has 0 unspecified atom stereocenters. The highest BCUT2D eigenvalue weighted by Crippen LogP contribution is 2.39. The number of carbonyl (C=O) groups is 1. The lowest BCUT2D eigenvalue weighted by atomic mass is 9.99. The summed E-state index contributed by atoms with van der Waals surface area (Å²) < 4.78 is 0. The number of halogens is 1. The van der Waals surface area contributed by atoms with E-state index in [4.69, 9.17) is 16.6 Å². The van der Waals surface area contributed by atoms with Gasteiger partial charge in [-0.15, -0.1) is 0 Å². The molecule has 1 amide bonds. The van der Waals surface area contributed by atoms with Gasteiger partial charge in [-0.2, -0.15) is 5.10 Å². The first-order valence-electron chi connectivity index (χ1n) is 10.7. The minimum Gasteiger partial charge on any atom is -0.347 e. The first-order valence-corrected chi connectivity index (χ1v) is 11.1. The van der Waals surface area contributed by atoms with Crippen molar-refractivity contribution in [1.29, 1.82) is 0 Å². The number of amides is 1. The molecule has 0 radical (unpaired) electrons. The number of aromatic nitrogens is 4. The summed E-state index contributed by atoms with van der Waals surface area (Å²) in [5, 5.41) is 8.10. The lowest BCUT2D eigenvalue weighted by molar-refractivity contribution is 0.0726. The van der Waals surface area contributed by atoms with Gasteiger partial charge in [-0.25, -0.2) is 9.97 Å². The zero-order chi connectivity index (χ0) is 21.5. The Labute approximate surface area is 186 Å². The Morgan fingerprint density at radius 2 is 2.13 bits per heavy atom. The number of nitrogens with one attached hydrogen (secondary N) is 1. The third-order valence-corrected chi connectivity index (χ3v) is 6.41. The minimum absolute atomic E-state index is 0.0102. The maximum absolute atomic E-state index is 13.5. The Bertz CT molecular complexity index is 1140. The molecule has 1 aliphatic heterocycles. The standard InChI is InChI=1S/C23H25ClN6O/c1-29(2)23-25-13-17(14-6-3-7-15(24)12-14)20(26-23)19-10-5-11-30(19)22(31)21-16-8-4-9-18(16)27-28-21/h3,6-7,12-13,19H,4-5,8-11H2,1-2H3,(H,27,28)/t19-/m1/s1. The molecule has 3 aromatic rings. The van der Waals surface area contributed by atoms with E-state index in [9.17, 15) is 4.79 Å². The summed E-state index contributed by atoms with van der Waals surface area (Å²) in [6.45, 7) is 0.696. The van der Waals surface area contributed by atoms with Crippen molar-refractivity contribution in [2.45, 2.75) is 38.1 Å². The van der Waals surface area contributed by atoms with E-state index in [0.29, 0.717) is 23.2 Å². The van der Waals surface area contributed by atoms with E-state index in [1.807, 2.05) is 54.4 Å². The Kier molecular flexibility index (Phi) is 5.14. The van der Waals surface area contributed by atoms with Gasteiger partial charge < -0.3 is 9.80 Å². The number of anilines is 1. The second-order valence-electron chi connectivity index (χ2n) is 8.41. The molecule has 7 nitrogen and oxygen atoms in total. The zero-order valence-electron chi connectivity index (χ0n) is 17.7. The van der Waals surface area contributed by atoms with Crippen LogP contribution in [0.15, 0.2) is 30.5 Å². The lowest BCUT2D eigenvalue weighted by Gasteiger charge is -2.26. The maximum atomic E-state index is 13.5. The molecule has 1 N–H and O–H groups in total. The molecule has 2 aliphatic rings. The van der Waals surface area contributed by atoms with E-state index in [-0.39, 0.29) is 11.9 Å². The largest absolute Gasteiger partial charge is 0.347 e. The summed E-state index contributed by atoms with van der Waals surface area (Å²) in [4.78, 5) is 26.8. The Hall–Kier alpha value is -2.93. The van der Waals surface area contributed by atoms with Crippen molar-refractivity contribution in [3.63, 3.8) is 0 Å². The van der Waals surface area contributed by atoms with Crippen LogP contribution >= 0.6 is 11.6 Å². The number of fused-ring (bicyclic) bond motifs is 1. The van der Waals surface area contributed by atoms with E-state index in [2.05, 4.69) is 15.2 Å². The fraction of sp³-hybridized carbons (Fsp3) is 0.391. The number of rotatable bonds is 4. The smallest absolute Gasteiger partial charge is 0.275 e. The van der Waals surface area contributed by atoms with Crippen LogP contribution in [0.4, 0.5) is 5.95 Å². The molecule has 0 saturated carbocycles. The van der Waals surface area contributed by atoms with Gasteiger partial charge in [0, 0.05) is 48.7 Å². The van der Waals surface area contributed by atoms with E-state index in [0.717, 1.165) is 60.2 Å². The third-order valence-electron chi connectivity index (χ3n) is 6.18. The number of aryl methyl sites for hydroxylation is 1. The van der Waals surface area contributed by atoms with Crippen LogP contribution in [0.2, 0.25) is 5.02 Å². The quantitative estimate of drug-likeness (QED) is 0.667. The molecule has 1 saturated heterocycles. The van der Waals surface area contributed by atoms with E-state index < -0.39 is 0 Å². The molecule has 160 valence electrons. The molecule has 0 bridgehead atoms. The van der Waals surface area contributed by atoms with Crippen LogP contribution in [0.5, 0.6) is 0 Å². The van der Waals surface area contributed by atoms with Crippen LogP contribution < -0.4 is 4.90 Å². The number of aromatic amines is 1. The van der Waals surface area contributed by atoms with Crippen molar-refractivity contribution in [3.8, 4) is 11.1 Å². The summed E-state index contributed by atoms with van der Waals surface area (Å²) in [6.07, 6.45) is 6.59. The molecule has 0 spiro atoms. The fourth-order valence-corrected chi connectivity index (χ4v) is 4.85. The zero-order valence-corrected chi connectivity index (χ0v) is 18.5. The lowest BCUT2D eigenvalue weighted by Crippen LogP contribution is -2.32. The van der Waals surface area contributed by atoms with Gasteiger partial charge in [-0.3, -0.25) is 9.89 Å². The van der Waals surface area contributed by atoms with Gasteiger partial charge in [0.15, 0.2) is 5.69 Å². The molecule has 3 heterocycles. The Morgan fingerprint density at radius 3 is 2.94 bits per heavy atom. The number of hydrogen-bond acceptors (Lipinski definition) is 5. The summed E-state index contributed by atoms with van der Waals surface area (Å²) >= 11 is 6.26. The highest BCUT2D eigenvalue weighted by molar-refractivity contribution is 6.30. The third kappa shape index (κ3) is 3.57. The van der Waals surface area contributed by atoms with Crippen molar-refractivity contribution in [3.05, 3.63) is 58.1 Å². The summed E-state index contributed by atoms with van der Waals surface area (Å²) in [7, 11) is 3.84. The number of nitrogens with zero attached hydrogens (tertiary/aromatic N) is 5. The van der Waals surface area contributed by atoms with Crippen LogP contribution in [0.1, 0.15) is 52.7 Å². The fourth-order valence-electron chi connectivity index (χ4n) is 4.66. The number of benzene rings is 1. The highest BCUT2D eigenvalue weighted by Gasteiger charge is 2.36. The molecule has 31 heavy (non-hydrogen) atoms. The SMILES string of the molecule is CN(C)c1ncc(-c2cccc(Cl)c2)c([C@H]2CCCN2C(=O)c2n[nH]c3c2CCC3)n1. The molecule has 1 fully saturated rings. The van der Waals surface area contributed by atoms with Gasteiger partial charge in [-0.05, 0) is 49.8 Å². The first-order chi connectivity index (χ1) is 15.0. The number of H-pyrrole nitrogens is 1. The number of likely N-dealkylation sites (tertiary alicyclic amines) is 1. The van der Waals surface area contributed by atoms with Crippen molar-refractivity contribution in [1.82, 2.24) is 25.1 Å². The molecule has 1 aromatic carbocycles. The average molecular weight is 437 g/mol. The summed E-state index contributed by atoms with van der Waals surface area (Å²) in [5.74, 6) is 0.615. The maximum Gasteiger partial charge on any atom is 0.275 e. The summed E-state index contributed by atoms with van der Waals surface area (Å²) in [5.41, 5.74) is 5.49. The molecular weight excluding hydrogens is 412 g/mol. The van der Waals surface area contributed by atoms with Gasteiger partial charge in [0.2, 0.25) is 5.95 Å². The van der Waals surface area contributed by atoms with Crippen LogP contribution in [-0.2, 0) is 12.8 Å². The van der Waals surface area contributed by atoms with E-state index >= 15 is 0 Å². The van der Waals surface area contributed by atoms with Crippen molar-refractivity contribution in [2.75, 3.05) is 25.5 Å². The predicted octanol–water partition coefficient (Wildman–Crippen LogP) is 4.05. The predicted molar refractivity (Wildman–Crippen MR) is 120 cm³/mol. The molecule has 8 heteroatoms. The average Bonchev–Trinajstić information content (AvgIpc) is 3.49. The molecule has 2 aromatic heterocycles. The van der Waals surface area contributed by atoms with E-state index in [1.54, 1.807) is 0 Å². The van der Waals surface area contributed by atoms with Crippen molar-refractivity contribution >= 4 is 23.5 Å². The van der Waals surface area contributed by atoms with Gasteiger partial charge in [-0.1, -0.05) is 23.7 Å². The highest BCUT2D eigenvalue weighted by atomic mass is 35.5. The van der Waals surface area contributed by atoms with Gasteiger partial charge in [0.1, 0.15) is 0 Å². The number of carbonyl (C=O) groups excluding carboxylic acids is 1. The summed E-state index contributed by atoms with van der Waals surface area (Å²) in [6, 6.07) is 7.57. The van der Waals surface area contributed by atoms with Gasteiger partial charge in [0.25, 0.3) is 5.91 Å². The second kappa shape index (κ2) is 7.96. The van der Waals surface area contributed by atoms with E-state index in [1.165, 1.54) is 0 Å². The minimum atomic E-state index is -0.128. The van der Waals surface area contributed by atoms with Crippen LogP contribution in [0, 0.1) is 0 Å². The van der Waals surface area contributed by atoms with Gasteiger partial charge in [0.05, 0.1) is 11.7 Å². The molecular formula is C23H25ClN6O. The first kappa shape index (κ1) is 20.0. The molecule has 1 aliphatic carbocycles. The topological polar surface area (TPSA) is 78.0 Å². The van der Waals surface area contributed by atoms with Crippen LogP contribution in [-0.4, -0.2) is 51.6 Å². The van der Waals surface area contributed by atoms with Gasteiger partial charge >= 0.3 is 0 Å². The number of hydrogen-bond donors (Lipinski definition) is 1. The monoisotopic (exact) mass is 436 g/mol.